The molecule has 1 aromatic carbocycles. The molecule has 0 aliphatic carbocycles. The molecule has 116 valence electrons. The topological polar surface area (TPSA) is 38.8 Å². The van der Waals surface area contributed by atoms with Gasteiger partial charge >= 0.3 is 0 Å². The van der Waals surface area contributed by atoms with E-state index in [1.54, 1.807) is 18.2 Å². The summed E-state index contributed by atoms with van der Waals surface area (Å²) in [5.41, 5.74) is 0. The minimum atomic E-state index is 0.117. The van der Waals surface area contributed by atoms with Crippen LogP contribution in [-0.2, 0) is 9.53 Å². The van der Waals surface area contributed by atoms with Crippen molar-refractivity contribution >= 4 is 29.1 Å². The van der Waals surface area contributed by atoms with Crippen LogP contribution in [-0.4, -0.2) is 43.2 Å². The molecule has 1 atom stereocenters. The minimum absolute atomic E-state index is 0.117. The second-order valence-corrected chi connectivity index (χ2v) is 5.89. The average molecular weight is 332 g/mol. The van der Waals surface area contributed by atoms with Crippen molar-refractivity contribution in [3.8, 4) is 5.75 Å². The fourth-order valence-electron chi connectivity index (χ4n) is 2.20. The van der Waals surface area contributed by atoms with Crippen LogP contribution in [0.15, 0.2) is 18.2 Å². The predicted octanol–water partition coefficient (Wildman–Crippen LogP) is 3.40. The van der Waals surface area contributed by atoms with Gasteiger partial charge < -0.3 is 14.4 Å². The molecule has 6 heteroatoms. The number of hydrogen-bond donors (Lipinski definition) is 0. The summed E-state index contributed by atoms with van der Waals surface area (Å²) < 4.78 is 11.0. The fourth-order valence-corrected chi connectivity index (χ4v) is 2.66. The molecule has 1 aliphatic heterocycles. The first-order valence-corrected chi connectivity index (χ1v) is 7.79. The van der Waals surface area contributed by atoms with E-state index in [2.05, 4.69) is 0 Å². The zero-order valence-electron chi connectivity index (χ0n) is 12.0. The number of hydrogen-bond acceptors (Lipinski definition) is 3. The Hall–Kier alpha value is -0.970. The molecule has 1 aromatic rings. The van der Waals surface area contributed by atoms with Gasteiger partial charge in [0.25, 0.3) is 0 Å². The molecule has 0 radical (unpaired) electrons. The van der Waals surface area contributed by atoms with E-state index in [9.17, 15) is 4.79 Å². The summed E-state index contributed by atoms with van der Waals surface area (Å²) in [6, 6.07) is 5.10. The van der Waals surface area contributed by atoms with Crippen LogP contribution in [0.2, 0.25) is 10.0 Å². The molecule has 0 saturated carbocycles. The second kappa shape index (κ2) is 7.87. The number of halogens is 2. The quantitative estimate of drug-likeness (QED) is 0.776. The van der Waals surface area contributed by atoms with Gasteiger partial charge in [0, 0.05) is 24.5 Å². The van der Waals surface area contributed by atoms with Crippen molar-refractivity contribution in [3.63, 3.8) is 0 Å². The Kier molecular flexibility index (Phi) is 6.15. The Balaban J connectivity index is 1.70. The van der Waals surface area contributed by atoms with E-state index in [0.29, 0.717) is 54.9 Å². The van der Waals surface area contributed by atoms with Crippen molar-refractivity contribution in [2.45, 2.75) is 25.9 Å². The highest BCUT2D eigenvalue weighted by Crippen LogP contribution is 2.27. The predicted molar refractivity (Wildman–Crippen MR) is 83.2 cm³/mol. The van der Waals surface area contributed by atoms with Crippen molar-refractivity contribution in [2.24, 2.45) is 0 Å². The van der Waals surface area contributed by atoms with Crippen molar-refractivity contribution in [1.82, 2.24) is 4.90 Å². The summed E-state index contributed by atoms with van der Waals surface area (Å²) in [7, 11) is 0. The number of rotatable bonds is 5. The maximum absolute atomic E-state index is 12.0. The van der Waals surface area contributed by atoms with Gasteiger partial charge in [0.15, 0.2) is 0 Å². The fraction of sp³-hybridized carbons (Fsp3) is 0.533. The van der Waals surface area contributed by atoms with Crippen molar-refractivity contribution in [2.75, 3.05) is 26.3 Å². The van der Waals surface area contributed by atoms with E-state index in [0.717, 1.165) is 0 Å². The SMILES string of the molecule is CC1CN(C(=O)CCCOc2ccc(Cl)cc2Cl)CCO1. The van der Waals surface area contributed by atoms with Crippen molar-refractivity contribution in [3.05, 3.63) is 28.2 Å². The van der Waals surface area contributed by atoms with Gasteiger partial charge in [-0.05, 0) is 31.5 Å². The molecule has 21 heavy (non-hydrogen) atoms. The smallest absolute Gasteiger partial charge is 0.222 e. The van der Waals surface area contributed by atoms with Gasteiger partial charge in [-0.3, -0.25) is 4.79 Å². The van der Waals surface area contributed by atoms with Gasteiger partial charge in [0.2, 0.25) is 5.91 Å². The summed E-state index contributed by atoms with van der Waals surface area (Å²) in [4.78, 5) is 13.9. The van der Waals surface area contributed by atoms with Gasteiger partial charge in [0.05, 0.1) is 24.3 Å². The lowest BCUT2D eigenvalue weighted by Crippen LogP contribution is -2.44. The Labute approximate surface area is 134 Å². The molecule has 0 N–H and O–H groups in total. The molecule has 0 spiro atoms. The molecular formula is C15H19Cl2NO3. The maximum Gasteiger partial charge on any atom is 0.222 e. The Bertz CT molecular complexity index is 496. The number of nitrogens with zero attached hydrogens (tertiary/aromatic N) is 1. The third kappa shape index (κ3) is 5.06. The van der Waals surface area contributed by atoms with E-state index in [1.165, 1.54) is 0 Å². The summed E-state index contributed by atoms with van der Waals surface area (Å²) >= 11 is 11.8. The van der Waals surface area contributed by atoms with Crippen LogP contribution in [0.4, 0.5) is 0 Å². The third-order valence-corrected chi connectivity index (χ3v) is 3.81. The lowest BCUT2D eigenvalue weighted by Gasteiger charge is -2.31. The molecule has 1 saturated heterocycles. The lowest BCUT2D eigenvalue weighted by molar-refractivity contribution is -0.138. The molecule has 1 fully saturated rings. The Morgan fingerprint density at radius 1 is 1.48 bits per heavy atom. The highest BCUT2D eigenvalue weighted by Gasteiger charge is 2.20. The first-order chi connectivity index (χ1) is 10.1. The maximum atomic E-state index is 12.0. The van der Waals surface area contributed by atoms with Gasteiger partial charge in [-0.2, -0.15) is 0 Å². The summed E-state index contributed by atoms with van der Waals surface area (Å²) in [6.07, 6.45) is 1.24. The monoisotopic (exact) mass is 331 g/mol. The van der Waals surface area contributed by atoms with Crippen molar-refractivity contribution < 1.29 is 14.3 Å². The lowest BCUT2D eigenvalue weighted by atomic mass is 10.2. The van der Waals surface area contributed by atoms with Crippen LogP contribution in [0.3, 0.4) is 0 Å². The van der Waals surface area contributed by atoms with Crippen molar-refractivity contribution in [1.29, 1.82) is 0 Å². The standard InChI is InChI=1S/C15H19Cl2NO3/c1-11-10-18(6-8-20-11)15(19)3-2-7-21-14-5-4-12(16)9-13(14)17/h4-5,9,11H,2-3,6-8,10H2,1H3. The second-order valence-electron chi connectivity index (χ2n) is 5.05. The van der Waals surface area contributed by atoms with E-state index < -0.39 is 0 Å². The highest BCUT2D eigenvalue weighted by molar-refractivity contribution is 6.35. The number of ether oxygens (including phenoxy) is 2. The molecule has 0 aromatic heterocycles. The third-order valence-electron chi connectivity index (χ3n) is 3.28. The summed E-state index contributed by atoms with van der Waals surface area (Å²) in [5, 5.41) is 1.06. The van der Waals surface area contributed by atoms with E-state index >= 15 is 0 Å². The molecule has 1 unspecified atom stereocenters. The number of morpholine rings is 1. The number of amides is 1. The highest BCUT2D eigenvalue weighted by atomic mass is 35.5. The van der Waals surface area contributed by atoms with E-state index in [1.807, 2.05) is 11.8 Å². The van der Waals surface area contributed by atoms with Crippen LogP contribution >= 0.6 is 23.2 Å². The Morgan fingerprint density at radius 2 is 2.29 bits per heavy atom. The molecule has 0 bridgehead atoms. The molecule has 4 nitrogen and oxygen atoms in total. The molecule has 1 heterocycles. The van der Waals surface area contributed by atoms with E-state index in [-0.39, 0.29) is 12.0 Å². The van der Waals surface area contributed by atoms with Gasteiger partial charge in [0.1, 0.15) is 5.75 Å². The van der Waals surface area contributed by atoms with Gasteiger partial charge in [-0.15, -0.1) is 0 Å². The zero-order valence-corrected chi connectivity index (χ0v) is 13.5. The number of carbonyl (C=O) groups excluding carboxylic acids is 1. The zero-order chi connectivity index (χ0) is 15.2. The summed E-state index contributed by atoms with van der Waals surface area (Å²) in [5.74, 6) is 0.740. The van der Waals surface area contributed by atoms with E-state index in [4.69, 9.17) is 32.7 Å². The van der Waals surface area contributed by atoms with Crippen LogP contribution in [0.1, 0.15) is 19.8 Å². The summed E-state index contributed by atoms with van der Waals surface area (Å²) in [6.45, 7) is 4.39. The first kappa shape index (κ1) is 16.4. The van der Waals surface area contributed by atoms with Crippen LogP contribution < -0.4 is 4.74 Å². The molecule has 2 rings (SSSR count). The Morgan fingerprint density at radius 3 is 3.00 bits per heavy atom. The largest absolute Gasteiger partial charge is 0.492 e. The van der Waals surface area contributed by atoms with Crippen LogP contribution in [0, 0.1) is 0 Å². The van der Waals surface area contributed by atoms with Gasteiger partial charge in [-0.1, -0.05) is 23.2 Å². The van der Waals surface area contributed by atoms with Crippen LogP contribution in [0.5, 0.6) is 5.75 Å². The molecular weight excluding hydrogens is 313 g/mol. The number of benzene rings is 1. The van der Waals surface area contributed by atoms with Crippen LogP contribution in [0.25, 0.3) is 0 Å². The number of carbonyl (C=O) groups is 1. The first-order valence-electron chi connectivity index (χ1n) is 7.03. The molecule has 1 aliphatic rings. The molecule has 1 amide bonds. The minimum Gasteiger partial charge on any atom is -0.492 e. The normalized spacial score (nSPS) is 18.6. The average Bonchev–Trinajstić information content (AvgIpc) is 2.45. The van der Waals surface area contributed by atoms with Gasteiger partial charge in [-0.25, -0.2) is 0 Å².